The number of anilines is 1. The van der Waals surface area contributed by atoms with Crippen LogP contribution in [0.1, 0.15) is 70.0 Å². The van der Waals surface area contributed by atoms with Crippen molar-refractivity contribution >= 4 is 40.3 Å². The Labute approximate surface area is 306 Å². The maximum Gasteiger partial charge on any atom is 0.312 e. The number of hydrogen-bond acceptors (Lipinski definition) is 14. The first-order chi connectivity index (χ1) is 24.8. The average Bonchev–Trinajstić information content (AvgIpc) is 3.38. The second-order valence-corrected chi connectivity index (χ2v) is 13.9. The number of phenols is 3. The molecule has 9 unspecified atom stereocenters. The highest BCUT2D eigenvalue weighted by Crippen LogP contribution is 2.55. The number of rotatable bonds is 3. The summed E-state index contributed by atoms with van der Waals surface area (Å²) in [5.41, 5.74) is -0.978. The van der Waals surface area contributed by atoms with E-state index in [0.29, 0.717) is 0 Å². The minimum absolute atomic E-state index is 0.00476. The number of carbonyl (C=O) groups excluding carboxylic acids is 3. The molecule has 0 aromatic heterocycles. The van der Waals surface area contributed by atoms with E-state index < -0.39 is 105 Å². The fourth-order valence-corrected chi connectivity index (χ4v) is 6.93. The number of carbonyl (C=O) groups is 3. The number of oxime groups is 1. The summed E-state index contributed by atoms with van der Waals surface area (Å²) in [5.74, 6) is -9.00. The number of esters is 1. The van der Waals surface area contributed by atoms with Crippen LogP contribution in [0, 0.1) is 30.6 Å². The molecule has 288 valence electrons. The van der Waals surface area contributed by atoms with Gasteiger partial charge in [0, 0.05) is 61.2 Å². The van der Waals surface area contributed by atoms with Gasteiger partial charge in [0.05, 0.1) is 53.0 Å². The Bertz CT molecular complexity index is 1900. The highest BCUT2D eigenvalue weighted by Gasteiger charge is 2.50. The zero-order valence-corrected chi connectivity index (χ0v) is 31.1. The summed E-state index contributed by atoms with van der Waals surface area (Å²) in [7, 11) is 1.41. The molecule has 3 heterocycles. The Morgan fingerprint density at radius 2 is 1.62 bits per heavy atom. The fourth-order valence-electron chi connectivity index (χ4n) is 6.93. The molecule has 0 radical (unpaired) electrons. The van der Waals surface area contributed by atoms with E-state index in [2.05, 4.69) is 10.5 Å². The molecule has 3 aliphatic heterocycles. The number of fused-ring (bicyclic) bond motifs is 14. The lowest BCUT2D eigenvalue weighted by Crippen LogP contribution is -2.46. The van der Waals surface area contributed by atoms with Gasteiger partial charge in [-0.05, 0) is 19.9 Å². The van der Waals surface area contributed by atoms with Gasteiger partial charge in [-0.2, -0.15) is 0 Å². The number of ether oxygens (including phenoxy) is 4. The van der Waals surface area contributed by atoms with Gasteiger partial charge in [0.2, 0.25) is 0 Å². The normalized spacial score (nSPS) is 32.2. The lowest BCUT2D eigenvalue weighted by atomic mass is 9.78. The largest absolute Gasteiger partial charge is 0.507 e. The molecule has 0 saturated heterocycles. The SMILES string of the molecule is COC1/C=C\OC2(C)Oc3c(C)c(O)c4c(O)c(c(/C=N/O)c(O)c4c3C2=O)NC(=O)/C(C)=C\C=C/C(C)C(O)C(C)C(O)C(C)C(OC(C)=O)C1C. The predicted octanol–water partition coefficient (Wildman–Crippen LogP) is 4.56. The highest BCUT2D eigenvalue weighted by molar-refractivity contribution is 6.23. The van der Waals surface area contributed by atoms with Crippen molar-refractivity contribution < 1.29 is 64.1 Å². The number of aliphatic hydroxyl groups is 2. The number of nitrogens with zero attached hydrogens (tertiary/aromatic N) is 1. The number of methoxy groups -OCH3 is 1. The van der Waals surface area contributed by atoms with Crippen LogP contribution in [-0.4, -0.2) is 91.9 Å². The molecule has 2 aromatic carbocycles. The molecule has 15 nitrogen and oxygen atoms in total. The van der Waals surface area contributed by atoms with Gasteiger partial charge in [-0.1, -0.05) is 51.1 Å². The van der Waals surface area contributed by atoms with Crippen molar-refractivity contribution in [3.05, 3.63) is 52.8 Å². The fraction of sp³-hybridized carbons (Fsp3) is 0.474. The summed E-state index contributed by atoms with van der Waals surface area (Å²) in [6.07, 6.45) is 4.01. The van der Waals surface area contributed by atoms with E-state index in [1.165, 1.54) is 53.0 Å². The Morgan fingerprint density at radius 1 is 0.962 bits per heavy atom. The second kappa shape index (κ2) is 15.9. The van der Waals surface area contributed by atoms with E-state index >= 15 is 0 Å². The first-order valence-electron chi connectivity index (χ1n) is 17.1. The predicted molar refractivity (Wildman–Crippen MR) is 193 cm³/mol. The molecule has 15 heteroatoms. The molecule has 0 fully saturated rings. The molecule has 5 rings (SSSR count). The number of amides is 1. The number of nitrogens with one attached hydrogen (secondary N) is 1. The number of aromatic hydroxyl groups is 3. The quantitative estimate of drug-likeness (QED) is 0.0572. The molecule has 2 aromatic rings. The molecular formula is C38H48N2O13. The number of phenolic OH excluding ortho intramolecular Hbond substituents is 3. The lowest BCUT2D eigenvalue weighted by molar-refractivity contribution is -0.160. The van der Waals surface area contributed by atoms with Gasteiger partial charge in [-0.25, -0.2) is 0 Å². The van der Waals surface area contributed by atoms with Crippen LogP contribution in [0.15, 0.2) is 41.3 Å². The van der Waals surface area contributed by atoms with E-state index in [1.54, 1.807) is 33.8 Å². The summed E-state index contributed by atoms with van der Waals surface area (Å²) in [4.78, 5) is 39.7. The topological polar surface area (TPSA) is 234 Å². The third-order valence-electron chi connectivity index (χ3n) is 10.2. The number of benzene rings is 2. The third-order valence-corrected chi connectivity index (χ3v) is 10.2. The zero-order chi connectivity index (χ0) is 39.7. The molecule has 1 amide bonds. The molecule has 0 spiro atoms. The van der Waals surface area contributed by atoms with Crippen LogP contribution >= 0.6 is 0 Å². The van der Waals surface area contributed by atoms with Crippen molar-refractivity contribution in [2.45, 2.75) is 85.6 Å². The van der Waals surface area contributed by atoms with Crippen LogP contribution in [0.25, 0.3) is 10.8 Å². The molecule has 0 saturated carbocycles. The maximum absolute atomic E-state index is 14.1. The summed E-state index contributed by atoms with van der Waals surface area (Å²) in [6.45, 7) is 12.2. The maximum atomic E-state index is 14.1. The Morgan fingerprint density at radius 3 is 2.23 bits per heavy atom. The van der Waals surface area contributed by atoms with Crippen molar-refractivity contribution in [3.63, 3.8) is 0 Å². The third kappa shape index (κ3) is 7.54. The van der Waals surface area contributed by atoms with Crippen LogP contribution in [-0.2, 0) is 23.8 Å². The van der Waals surface area contributed by atoms with Gasteiger partial charge in [0.1, 0.15) is 23.4 Å². The van der Waals surface area contributed by atoms with Gasteiger partial charge in [0.15, 0.2) is 5.75 Å². The Kier molecular flexibility index (Phi) is 12.2. The van der Waals surface area contributed by atoms with Gasteiger partial charge in [-0.15, -0.1) is 0 Å². The first-order valence-corrected chi connectivity index (χ1v) is 17.1. The minimum atomic E-state index is -2.07. The van der Waals surface area contributed by atoms with Crippen molar-refractivity contribution in [3.8, 4) is 23.0 Å². The monoisotopic (exact) mass is 740 g/mol. The molecule has 0 aliphatic carbocycles. The number of ketones is 1. The van der Waals surface area contributed by atoms with E-state index in [1.807, 2.05) is 0 Å². The van der Waals surface area contributed by atoms with Gasteiger partial charge in [0.25, 0.3) is 11.7 Å². The smallest absolute Gasteiger partial charge is 0.312 e. The summed E-state index contributed by atoms with van der Waals surface area (Å²) in [6, 6.07) is 0. The number of aliphatic hydroxyl groups excluding tert-OH is 2. The molecule has 9 atom stereocenters. The Hall–Kier alpha value is -5.12. The first kappa shape index (κ1) is 40.6. The van der Waals surface area contributed by atoms with Crippen LogP contribution in [0.3, 0.4) is 0 Å². The van der Waals surface area contributed by atoms with Crippen LogP contribution < -0.4 is 10.1 Å². The van der Waals surface area contributed by atoms with E-state index in [4.69, 9.17) is 18.9 Å². The standard InChI is InChI=1S/C38H48N2O13/c1-16-11-10-12-17(2)37(48)40-28-23(15-39-49)32(45)25-26(33(28)46)31(44)21(6)35-27(25)36(47)38(8,53-35)51-14-13-24(50-9)18(3)34(52-22(7)41)20(5)30(43)19(4)29(16)42/h10-16,18-20,24,29-30,34,42-46,49H,1-9H3,(H,40,48)/b11-10-,14-13-,17-12-,39-15+. The lowest BCUT2D eigenvalue weighted by Gasteiger charge is -2.38. The van der Waals surface area contributed by atoms with Gasteiger partial charge >= 0.3 is 11.8 Å². The Balaban J connectivity index is 1.95. The average molecular weight is 741 g/mol. The van der Waals surface area contributed by atoms with Crippen molar-refractivity contribution in [1.29, 1.82) is 0 Å². The minimum Gasteiger partial charge on any atom is -0.507 e. The number of allylic oxidation sites excluding steroid dienone is 2. The molecular weight excluding hydrogens is 692 g/mol. The molecule has 3 aliphatic rings. The molecule has 5 bridgehead atoms. The summed E-state index contributed by atoms with van der Waals surface area (Å²) in [5, 5.41) is 71.2. The van der Waals surface area contributed by atoms with Gasteiger partial charge in [-0.3, -0.25) is 14.4 Å². The van der Waals surface area contributed by atoms with Crippen molar-refractivity contribution in [1.82, 2.24) is 0 Å². The number of hydrogen-bond donors (Lipinski definition) is 7. The van der Waals surface area contributed by atoms with Crippen LogP contribution in [0.4, 0.5) is 5.69 Å². The highest BCUT2D eigenvalue weighted by atomic mass is 16.7. The van der Waals surface area contributed by atoms with Crippen LogP contribution in [0.5, 0.6) is 23.0 Å². The zero-order valence-electron chi connectivity index (χ0n) is 31.1. The molecule has 53 heavy (non-hydrogen) atoms. The second-order valence-electron chi connectivity index (χ2n) is 13.9. The van der Waals surface area contributed by atoms with Gasteiger partial charge < -0.3 is 55.0 Å². The van der Waals surface area contributed by atoms with E-state index in [0.717, 1.165) is 12.5 Å². The molecule has 7 N–H and O–H groups in total. The van der Waals surface area contributed by atoms with E-state index in [9.17, 15) is 45.1 Å². The number of Topliss-reactive ketones (excluding diaryl/α,β-unsaturated/α-hetero) is 1. The summed E-state index contributed by atoms with van der Waals surface area (Å²) < 4.78 is 23.2. The van der Waals surface area contributed by atoms with E-state index in [-0.39, 0.29) is 27.8 Å². The summed E-state index contributed by atoms with van der Waals surface area (Å²) >= 11 is 0. The van der Waals surface area contributed by atoms with Crippen molar-refractivity contribution in [2.24, 2.45) is 28.8 Å². The van der Waals surface area contributed by atoms with Crippen LogP contribution in [0.2, 0.25) is 0 Å². The van der Waals surface area contributed by atoms with Crippen molar-refractivity contribution in [2.75, 3.05) is 12.4 Å².